The minimum atomic E-state index is -0.252. The number of carbonyl (C=O) groups is 1. The quantitative estimate of drug-likeness (QED) is 0.263. The van der Waals surface area contributed by atoms with Crippen LogP contribution in [0.3, 0.4) is 0 Å². The number of aromatic nitrogens is 1. The SMILES string of the molecule is CCN(CC)CCCC(C)NC(=O)c1csc(CN(Cc2ccc(F)cc2)Cc2cccc(Cl)c2)n1. The molecule has 2 aromatic carbocycles. The fourth-order valence-corrected chi connectivity index (χ4v) is 5.15. The van der Waals surface area contributed by atoms with Crippen LogP contribution in [0, 0.1) is 5.82 Å². The molecule has 194 valence electrons. The number of halogens is 2. The molecule has 1 aromatic heterocycles. The number of nitrogens with one attached hydrogen (secondary N) is 1. The van der Waals surface area contributed by atoms with Gasteiger partial charge < -0.3 is 10.2 Å². The van der Waals surface area contributed by atoms with Crippen LogP contribution in [-0.2, 0) is 19.6 Å². The number of rotatable bonds is 14. The van der Waals surface area contributed by atoms with Crippen molar-refractivity contribution in [3.05, 3.63) is 86.6 Å². The first-order chi connectivity index (χ1) is 17.4. The van der Waals surface area contributed by atoms with Gasteiger partial charge in [-0.1, -0.05) is 49.7 Å². The predicted molar refractivity (Wildman–Crippen MR) is 147 cm³/mol. The molecule has 0 aliphatic rings. The van der Waals surface area contributed by atoms with E-state index in [4.69, 9.17) is 11.6 Å². The normalized spacial score (nSPS) is 12.3. The maximum absolute atomic E-state index is 13.4. The number of amides is 1. The fourth-order valence-electron chi connectivity index (χ4n) is 4.12. The summed E-state index contributed by atoms with van der Waals surface area (Å²) in [6.45, 7) is 11.4. The van der Waals surface area contributed by atoms with Crippen molar-refractivity contribution in [3.8, 4) is 0 Å². The largest absolute Gasteiger partial charge is 0.348 e. The third kappa shape index (κ3) is 9.28. The Morgan fingerprint density at radius 1 is 1.06 bits per heavy atom. The second-order valence-corrected chi connectivity index (χ2v) is 10.5. The Morgan fingerprint density at radius 2 is 1.78 bits per heavy atom. The molecule has 0 fully saturated rings. The molecule has 1 amide bonds. The number of carbonyl (C=O) groups excluding carboxylic acids is 1. The minimum Gasteiger partial charge on any atom is -0.348 e. The van der Waals surface area contributed by atoms with E-state index in [9.17, 15) is 9.18 Å². The summed E-state index contributed by atoms with van der Waals surface area (Å²) in [7, 11) is 0. The van der Waals surface area contributed by atoms with Gasteiger partial charge in [0, 0.05) is 29.5 Å². The molecule has 1 heterocycles. The van der Waals surface area contributed by atoms with Crippen molar-refractivity contribution in [1.29, 1.82) is 0 Å². The summed E-state index contributed by atoms with van der Waals surface area (Å²) in [6.07, 6.45) is 1.98. The first-order valence-electron chi connectivity index (χ1n) is 12.5. The van der Waals surface area contributed by atoms with E-state index >= 15 is 0 Å². The molecule has 0 aliphatic heterocycles. The molecule has 0 spiro atoms. The highest BCUT2D eigenvalue weighted by Gasteiger charge is 2.16. The van der Waals surface area contributed by atoms with Crippen LogP contribution in [0.2, 0.25) is 5.02 Å². The highest BCUT2D eigenvalue weighted by atomic mass is 35.5. The number of hydrogen-bond acceptors (Lipinski definition) is 5. The Bertz CT molecular complexity index is 1090. The average molecular weight is 531 g/mol. The van der Waals surface area contributed by atoms with Gasteiger partial charge in [0.1, 0.15) is 16.5 Å². The van der Waals surface area contributed by atoms with Gasteiger partial charge in [0.25, 0.3) is 5.91 Å². The molecule has 36 heavy (non-hydrogen) atoms. The van der Waals surface area contributed by atoms with Crippen LogP contribution >= 0.6 is 22.9 Å². The third-order valence-electron chi connectivity index (χ3n) is 6.14. The lowest BCUT2D eigenvalue weighted by Gasteiger charge is -2.22. The van der Waals surface area contributed by atoms with Gasteiger partial charge in [-0.25, -0.2) is 9.37 Å². The molecule has 0 aliphatic carbocycles. The van der Waals surface area contributed by atoms with Crippen LogP contribution in [0.5, 0.6) is 0 Å². The molecule has 1 atom stereocenters. The molecule has 0 saturated carbocycles. The summed E-state index contributed by atoms with van der Waals surface area (Å²) in [5.41, 5.74) is 2.54. The van der Waals surface area contributed by atoms with Crippen molar-refractivity contribution >= 4 is 28.8 Å². The Kier molecular flexibility index (Phi) is 11.3. The smallest absolute Gasteiger partial charge is 0.270 e. The highest BCUT2D eigenvalue weighted by molar-refractivity contribution is 7.09. The first kappa shape index (κ1) is 28.3. The molecule has 3 aromatic rings. The third-order valence-corrected chi connectivity index (χ3v) is 7.21. The Hall–Kier alpha value is -2.32. The molecular formula is C28H36ClFN4OS. The summed E-state index contributed by atoms with van der Waals surface area (Å²) in [5.74, 6) is -0.384. The zero-order valence-corrected chi connectivity index (χ0v) is 22.9. The summed E-state index contributed by atoms with van der Waals surface area (Å²) < 4.78 is 13.4. The van der Waals surface area contributed by atoms with Crippen molar-refractivity contribution in [2.24, 2.45) is 0 Å². The number of benzene rings is 2. The molecule has 8 heteroatoms. The van der Waals surface area contributed by atoms with Crippen LogP contribution in [0.4, 0.5) is 4.39 Å². The van der Waals surface area contributed by atoms with E-state index in [0.29, 0.717) is 30.4 Å². The molecule has 5 nitrogen and oxygen atoms in total. The first-order valence-corrected chi connectivity index (χ1v) is 13.8. The average Bonchev–Trinajstić information content (AvgIpc) is 3.32. The highest BCUT2D eigenvalue weighted by Crippen LogP contribution is 2.19. The second kappa shape index (κ2) is 14.4. The molecular weight excluding hydrogens is 495 g/mol. The predicted octanol–water partition coefficient (Wildman–Crippen LogP) is 6.38. The Morgan fingerprint density at radius 3 is 2.47 bits per heavy atom. The molecule has 0 saturated heterocycles. The van der Waals surface area contributed by atoms with Crippen molar-refractivity contribution in [2.75, 3.05) is 19.6 Å². The molecule has 0 radical (unpaired) electrons. The minimum absolute atomic E-state index is 0.0935. The van der Waals surface area contributed by atoms with E-state index in [1.54, 1.807) is 12.1 Å². The van der Waals surface area contributed by atoms with E-state index in [0.717, 1.165) is 48.6 Å². The standard InChI is InChI=1S/C28H36ClFN4OS/c1-4-33(5-2)15-7-8-21(3)31-28(35)26-20-36-27(32-26)19-34(17-22-11-13-25(30)14-12-22)18-23-9-6-10-24(29)16-23/h6,9-14,16,20-21H,4-5,7-8,15,17-19H2,1-3H3,(H,31,35). The summed E-state index contributed by atoms with van der Waals surface area (Å²) >= 11 is 7.67. The second-order valence-electron chi connectivity index (χ2n) is 9.07. The van der Waals surface area contributed by atoms with Crippen LogP contribution < -0.4 is 5.32 Å². The van der Waals surface area contributed by atoms with Gasteiger partial charge in [-0.05, 0) is 74.8 Å². The van der Waals surface area contributed by atoms with Gasteiger partial charge in [0.2, 0.25) is 0 Å². The van der Waals surface area contributed by atoms with Crippen molar-refractivity contribution in [2.45, 2.75) is 59.3 Å². The van der Waals surface area contributed by atoms with Gasteiger partial charge >= 0.3 is 0 Å². The van der Waals surface area contributed by atoms with Crippen molar-refractivity contribution in [3.63, 3.8) is 0 Å². The lowest BCUT2D eigenvalue weighted by Crippen LogP contribution is -2.34. The molecule has 3 rings (SSSR count). The van der Waals surface area contributed by atoms with Crippen molar-refractivity contribution < 1.29 is 9.18 Å². The van der Waals surface area contributed by atoms with Crippen LogP contribution in [0.25, 0.3) is 0 Å². The van der Waals surface area contributed by atoms with Crippen molar-refractivity contribution in [1.82, 2.24) is 20.1 Å². The van der Waals surface area contributed by atoms with Gasteiger partial charge in [-0.2, -0.15) is 0 Å². The van der Waals surface area contributed by atoms with E-state index in [1.807, 2.05) is 36.6 Å². The Balaban J connectivity index is 1.61. The number of nitrogens with zero attached hydrogens (tertiary/aromatic N) is 3. The van der Waals surface area contributed by atoms with Crippen LogP contribution in [0.1, 0.15) is 60.2 Å². The summed E-state index contributed by atoms with van der Waals surface area (Å²) in [4.78, 5) is 22.0. The van der Waals surface area contributed by atoms with E-state index in [2.05, 4.69) is 33.9 Å². The maximum atomic E-state index is 13.4. The molecule has 0 bridgehead atoms. The van der Waals surface area contributed by atoms with Gasteiger partial charge in [-0.3, -0.25) is 9.69 Å². The van der Waals surface area contributed by atoms with Gasteiger partial charge in [0.15, 0.2) is 0 Å². The topological polar surface area (TPSA) is 48.5 Å². The maximum Gasteiger partial charge on any atom is 0.270 e. The van der Waals surface area contributed by atoms with Gasteiger partial charge in [0.05, 0.1) is 6.54 Å². The lowest BCUT2D eigenvalue weighted by molar-refractivity contribution is 0.0932. The van der Waals surface area contributed by atoms with E-state index < -0.39 is 0 Å². The number of hydrogen-bond donors (Lipinski definition) is 1. The van der Waals surface area contributed by atoms with E-state index in [-0.39, 0.29) is 17.8 Å². The molecule has 1 N–H and O–H groups in total. The summed E-state index contributed by atoms with van der Waals surface area (Å²) in [6, 6.07) is 14.4. The lowest BCUT2D eigenvalue weighted by atomic mass is 10.1. The zero-order valence-electron chi connectivity index (χ0n) is 21.3. The molecule has 1 unspecified atom stereocenters. The zero-order chi connectivity index (χ0) is 25.9. The van der Waals surface area contributed by atoms with Crippen LogP contribution in [0.15, 0.2) is 53.9 Å². The summed E-state index contributed by atoms with van der Waals surface area (Å²) in [5, 5.41) is 6.46. The monoisotopic (exact) mass is 530 g/mol. The van der Waals surface area contributed by atoms with Crippen LogP contribution in [-0.4, -0.2) is 46.4 Å². The fraction of sp³-hybridized carbons (Fsp3) is 0.429. The Labute approximate surface area is 223 Å². The van der Waals surface area contributed by atoms with Gasteiger partial charge in [-0.15, -0.1) is 11.3 Å². The number of thiazole rings is 1. The van der Waals surface area contributed by atoms with E-state index in [1.165, 1.54) is 23.5 Å².